The molecule has 1 aromatic carbocycles. The largest absolute Gasteiger partial charge is 0.386 e. The highest BCUT2D eigenvalue weighted by molar-refractivity contribution is 5.80. The Kier molecular flexibility index (Phi) is 3.13. The third kappa shape index (κ3) is 2.30. The van der Waals surface area contributed by atoms with Crippen molar-refractivity contribution < 1.29 is 0 Å². The molecular weight excluding hydrogens is 216 g/mol. The highest BCUT2D eigenvalue weighted by atomic mass is 15.6. The summed E-state index contributed by atoms with van der Waals surface area (Å²) < 4.78 is 0. The van der Waals surface area contributed by atoms with E-state index < -0.39 is 0 Å². The Morgan fingerprint density at radius 3 is 2.71 bits per heavy atom. The fraction of sp³-hybridized carbons (Fsp3) is 0.273. The van der Waals surface area contributed by atoms with Crippen molar-refractivity contribution in [1.82, 2.24) is 20.2 Å². The quantitative estimate of drug-likeness (QED) is 0.610. The van der Waals surface area contributed by atoms with E-state index in [1.807, 2.05) is 37.3 Å². The Bertz CT molecular complexity index is 504. The molecule has 3 N–H and O–H groups in total. The van der Waals surface area contributed by atoms with E-state index in [-0.39, 0.29) is 11.9 Å². The lowest BCUT2D eigenvalue weighted by Crippen LogP contribution is -2.27. The first-order valence-corrected chi connectivity index (χ1v) is 5.41. The van der Waals surface area contributed by atoms with E-state index in [4.69, 9.17) is 11.1 Å². The van der Waals surface area contributed by atoms with Gasteiger partial charge < -0.3 is 5.73 Å². The van der Waals surface area contributed by atoms with Crippen molar-refractivity contribution in [2.75, 3.05) is 0 Å². The normalized spacial score (nSPS) is 12.3. The second-order valence-electron chi connectivity index (χ2n) is 3.68. The Morgan fingerprint density at radius 1 is 1.41 bits per heavy atom. The Balaban J connectivity index is 2.30. The van der Waals surface area contributed by atoms with E-state index in [1.54, 1.807) is 0 Å². The molecule has 1 unspecified atom stereocenters. The maximum atomic E-state index is 7.45. The van der Waals surface area contributed by atoms with E-state index >= 15 is 0 Å². The maximum absolute atomic E-state index is 7.45. The van der Waals surface area contributed by atoms with E-state index in [0.717, 1.165) is 5.56 Å². The van der Waals surface area contributed by atoms with Gasteiger partial charge in [-0.2, -0.15) is 4.80 Å². The summed E-state index contributed by atoms with van der Waals surface area (Å²) >= 11 is 0. The molecule has 1 heterocycles. The average molecular weight is 230 g/mol. The monoisotopic (exact) mass is 230 g/mol. The van der Waals surface area contributed by atoms with Crippen LogP contribution in [-0.2, 0) is 0 Å². The fourth-order valence-electron chi connectivity index (χ4n) is 1.57. The zero-order valence-corrected chi connectivity index (χ0v) is 9.54. The highest BCUT2D eigenvalue weighted by Crippen LogP contribution is 2.14. The van der Waals surface area contributed by atoms with Gasteiger partial charge in [-0.15, -0.1) is 10.2 Å². The van der Waals surface area contributed by atoms with Crippen LogP contribution in [0.1, 0.15) is 19.4 Å². The van der Waals surface area contributed by atoms with Gasteiger partial charge in [0, 0.05) is 5.56 Å². The van der Waals surface area contributed by atoms with Gasteiger partial charge in [0.05, 0.1) is 0 Å². The maximum Gasteiger partial charge on any atom is 0.204 e. The Morgan fingerprint density at radius 2 is 2.12 bits per heavy atom. The zero-order valence-electron chi connectivity index (χ0n) is 9.54. The summed E-state index contributed by atoms with van der Waals surface area (Å²) in [6, 6.07) is 9.26. The molecular formula is C11H14N6. The van der Waals surface area contributed by atoms with Crippen LogP contribution >= 0.6 is 0 Å². The average Bonchev–Trinajstić information content (AvgIpc) is 2.80. The number of amidine groups is 1. The number of tetrazole rings is 1. The summed E-state index contributed by atoms with van der Waals surface area (Å²) in [6.07, 6.45) is 0.667. The van der Waals surface area contributed by atoms with Gasteiger partial charge in [-0.05, 0) is 11.6 Å². The molecule has 2 aromatic rings. The van der Waals surface area contributed by atoms with Crippen LogP contribution in [-0.4, -0.2) is 26.0 Å². The number of hydrogen-bond donors (Lipinski definition) is 2. The Labute approximate surface area is 99.0 Å². The molecule has 0 fully saturated rings. The van der Waals surface area contributed by atoms with Crippen molar-refractivity contribution in [3.63, 3.8) is 0 Å². The predicted octanol–water partition coefficient (Wildman–Crippen LogP) is 1.23. The van der Waals surface area contributed by atoms with Crippen molar-refractivity contribution in [1.29, 1.82) is 5.41 Å². The van der Waals surface area contributed by atoms with Crippen LogP contribution in [0.3, 0.4) is 0 Å². The summed E-state index contributed by atoms with van der Waals surface area (Å²) in [4.78, 5) is 1.39. The van der Waals surface area contributed by atoms with E-state index in [2.05, 4.69) is 15.4 Å². The highest BCUT2D eigenvalue weighted by Gasteiger charge is 2.16. The Hall–Kier alpha value is -2.24. The van der Waals surface area contributed by atoms with Crippen LogP contribution in [0.5, 0.6) is 0 Å². The van der Waals surface area contributed by atoms with Gasteiger partial charge >= 0.3 is 0 Å². The van der Waals surface area contributed by atoms with Crippen LogP contribution in [0.25, 0.3) is 11.4 Å². The number of benzene rings is 1. The van der Waals surface area contributed by atoms with Gasteiger partial charge in [-0.3, -0.25) is 5.41 Å². The molecule has 0 aliphatic carbocycles. The molecule has 1 atom stereocenters. The van der Waals surface area contributed by atoms with Crippen LogP contribution in [0, 0.1) is 5.41 Å². The van der Waals surface area contributed by atoms with Gasteiger partial charge in [0.1, 0.15) is 11.9 Å². The lowest BCUT2D eigenvalue weighted by atomic mass is 10.2. The van der Waals surface area contributed by atoms with Crippen molar-refractivity contribution in [2.45, 2.75) is 19.4 Å². The number of hydrogen-bond acceptors (Lipinski definition) is 4. The zero-order chi connectivity index (χ0) is 12.3. The summed E-state index contributed by atoms with van der Waals surface area (Å²) in [5.74, 6) is 0.592. The molecule has 0 aliphatic heterocycles. The topological polar surface area (TPSA) is 93.5 Å². The molecule has 1 aromatic heterocycles. The third-order valence-corrected chi connectivity index (χ3v) is 2.48. The summed E-state index contributed by atoms with van der Waals surface area (Å²) in [5, 5.41) is 19.6. The van der Waals surface area contributed by atoms with Crippen LogP contribution in [0.15, 0.2) is 30.3 Å². The first-order valence-electron chi connectivity index (χ1n) is 5.41. The number of aromatic nitrogens is 4. The smallest absolute Gasteiger partial charge is 0.204 e. The number of rotatable bonds is 4. The predicted molar refractivity (Wildman–Crippen MR) is 64.5 cm³/mol. The molecule has 0 bridgehead atoms. The second-order valence-corrected chi connectivity index (χ2v) is 3.68. The first-order chi connectivity index (χ1) is 8.22. The lowest BCUT2D eigenvalue weighted by molar-refractivity contribution is 0.470. The molecule has 0 amide bonds. The summed E-state index contributed by atoms with van der Waals surface area (Å²) in [5.41, 5.74) is 6.38. The molecule has 0 saturated heterocycles. The van der Waals surface area contributed by atoms with Crippen molar-refractivity contribution in [3.05, 3.63) is 30.3 Å². The van der Waals surface area contributed by atoms with Crippen molar-refractivity contribution >= 4 is 5.84 Å². The molecule has 0 saturated carbocycles. The second kappa shape index (κ2) is 4.73. The van der Waals surface area contributed by atoms with E-state index in [9.17, 15) is 0 Å². The molecule has 88 valence electrons. The van der Waals surface area contributed by atoms with Gasteiger partial charge in [-0.25, -0.2) is 0 Å². The SMILES string of the molecule is CCC(C(=N)N)n1nnc(-c2ccccc2)n1. The summed E-state index contributed by atoms with van der Waals surface area (Å²) in [7, 11) is 0. The molecule has 6 nitrogen and oxygen atoms in total. The minimum atomic E-state index is -0.319. The number of nitrogens with zero attached hydrogens (tertiary/aromatic N) is 4. The molecule has 0 spiro atoms. The van der Waals surface area contributed by atoms with E-state index in [0.29, 0.717) is 12.2 Å². The van der Waals surface area contributed by atoms with Crippen LogP contribution in [0.2, 0.25) is 0 Å². The molecule has 6 heteroatoms. The molecule has 0 aliphatic rings. The minimum absolute atomic E-state index is 0.0458. The van der Waals surface area contributed by atoms with Crippen LogP contribution < -0.4 is 5.73 Å². The minimum Gasteiger partial charge on any atom is -0.386 e. The van der Waals surface area contributed by atoms with Crippen LogP contribution in [0.4, 0.5) is 0 Å². The fourth-order valence-corrected chi connectivity index (χ4v) is 1.57. The third-order valence-electron chi connectivity index (χ3n) is 2.48. The molecule has 0 radical (unpaired) electrons. The van der Waals surface area contributed by atoms with Crippen molar-refractivity contribution in [2.24, 2.45) is 5.73 Å². The van der Waals surface area contributed by atoms with Crippen molar-refractivity contribution in [3.8, 4) is 11.4 Å². The van der Waals surface area contributed by atoms with Gasteiger partial charge in [0.15, 0.2) is 0 Å². The lowest BCUT2D eigenvalue weighted by Gasteiger charge is -2.09. The first kappa shape index (κ1) is 11.3. The van der Waals surface area contributed by atoms with Gasteiger partial charge in [-0.1, -0.05) is 37.3 Å². The van der Waals surface area contributed by atoms with Gasteiger partial charge in [0.2, 0.25) is 5.82 Å². The number of nitrogens with two attached hydrogens (primary N) is 1. The summed E-state index contributed by atoms with van der Waals surface area (Å²) in [6.45, 7) is 1.93. The van der Waals surface area contributed by atoms with E-state index in [1.165, 1.54) is 4.80 Å². The molecule has 17 heavy (non-hydrogen) atoms. The standard InChI is InChI=1S/C11H14N6/c1-2-9(10(12)13)17-15-11(14-16-17)8-6-4-3-5-7-8/h3-7,9H,2H2,1H3,(H3,12,13). The van der Waals surface area contributed by atoms with Gasteiger partial charge in [0.25, 0.3) is 0 Å². The number of nitrogens with one attached hydrogen (secondary N) is 1. The molecule has 2 rings (SSSR count).